The summed E-state index contributed by atoms with van der Waals surface area (Å²) in [6.07, 6.45) is 25.5. The summed E-state index contributed by atoms with van der Waals surface area (Å²) in [5.74, 6) is 3.44. The van der Waals surface area contributed by atoms with Crippen LogP contribution in [0.4, 0.5) is 0 Å². The fraction of sp³-hybridized carbons (Fsp3) is 0.677. The van der Waals surface area contributed by atoms with Crippen molar-refractivity contribution in [3.05, 3.63) is 42.2 Å². The highest BCUT2D eigenvalue weighted by Gasteiger charge is 2.21. The van der Waals surface area contributed by atoms with Crippen LogP contribution in [0.25, 0.3) is 11.4 Å². The molecule has 1 aromatic carbocycles. The third-order valence-electron chi connectivity index (χ3n) is 7.55. The third-order valence-corrected chi connectivity index (χ3v) is 7.55. The van der Waals surface area contributed by atoms with Crippen LogP contribution in [-0.4, -0.2) is 16.6 Å². The van der Waals surface area contributed by atoms with Crippen LogP contribution in [0.5, 0.6) is 5.75 Å². The van der Waals surface area contributed by atoms with Crippen LogP contribution in [0.1, 0.15) is 116 Å². The molecule has 1 heterocycles. The summed E-state index contributed by atoms with van der Waals surface area (Å²) in [4.78, 5) is 9.23. The van der Waals surface area contributed by atoms with Crippen LogP contribution >= 0.6 is 0 Å². The number of nitrogens with zero attached hydrogens (tertiary/aromatic N) is 2. The molecule has 0 saturated heterocycles. The fourth-order valence-corrected chi connectivity index (χ4v) is 5.20. The summed E-state index contributed by atoms with van der Waals surface area (Å²) in [7, 11) is 0. The molecule has 34 heavy (non-hydrogen) atoms. The van der Waals surface area contributed by atoms with Crippen molar-refractivity contribution in [3.8, 4) is 17.1 Å². The molecule has 0 unspecified atom stereocenters. The van der Waals surface area contributed by atoms with Crippen molar-refractivity contribution in [3.63, 3.8) is 0 Å². The van der Waals surface area contributed by atoms with Gasteiger partial charge in [0.05, 0.1) is 6.61 Å². The van der Waals surface area contributed by atoms with Crippen LogP contribution < -0.4 is 4.74 Å². The summed E-state index contributed by atoms with van der Waals surface area (Å²) in [5, 5.41) is 0. The van der Waals surface area contributed by atoms with Gasteiger partial charge in [-0.3, -0.25) is 0 Å². The molecular formula is C31H48N2O. The molecule has 188 valence electrons. The minimum atomic E-state index is 0.717. The number of hydrogen-bond acceptors (Lipinski definition) is 3. The summed E-state index contributed by atoms with van der Waals surface area (Å²) in [6.45, 7) is 5.41. The lowest BCUT2D eigenvalue weighted by Crippen LogP contribution is -2.20. The van der Waals surface area contributed by atoms with E-state index in [1.54, 1.807) is 0 Å². The first kappa shape index (κ1) is 26.7. The van der Waals surface area contributed by atoms with E-state index in [4.69, 9.17) is 4.74 Å². The second-order valence-electron chi connectivity index (χ2n) is 10.5. The Kier molecular flexibility index (Phi) is 12.5. The van der Waals surface area contributed by atoms with Crippen LogP contribution in [-0.2, 0) is 6.42 Å². The van der Waals surface area contributed by atoms with Crippen molar-refractivity contribution in [1.29, 1.82) is 0 Å². The molecule has 0 aliphatic heterocycles. The number of aryl methyl sites for hydroxylation is 1. The number of aromatic nitrogens is 2. The topological polar surface area (TPSA) is 35.0 Å². The van der Waals surface area contributed by atoms with Crippen molar-refractivity contribution in [2.24, 2.45) is 11.8 Å². The second kappa shape index (κ2) is 15.9. The molecule has 0 bridgehead atoms. The quantitative estimate of drug-likeness (QED) is 0.232. The normalized spacial score (nSPS) is 18.2. The molecule has 1 saturated carbocycles. The molecule has 1 aliphatic rings. The maximum Gasteiger partial charge on any atom is 0.159 e. The van der Waals surface area contributed by atoms with Crippen LogP contribution in [0, 0.1) is 11.8 Å². The van der Waals surface area contributed by atoms with Crippen LogP contribution in [0.15, 0.2) is 36.7 Å². The third kappa shape index (κ3) is 9.76. The Balaban J connectivity index is 1.34. The lowest BCUT2D eigenvalue weighted by Gasteiger charge is -2.28. The molecule has 0 atom stereocenters. The van der Waals surface area contributed by atoms with Gasteiger partial charge in [-0.2, -0.15) is 0 Å². The molecule has 3 rings (SSSR count). The Morgan fingerprint density at radius 2 is 1.29 bits per heavy atom. The number of benzene rings is 1. The van der Waals surface area contributed by atoms with Gasteiger partial charge in [0.1, 0.15) is 5.75 Å². The highest BCUT2D eigenvalue weighted by molar-refractivity contribution is 5.55. The van der Waals surface area contributed by atoms with Crippen LogP contribution in [0.2, 0.25) is 0 Å². The first-order valence-electron chi connectivity index (χ1n) is 14.3. The summed E-state index contributed by atoms with van der Waals surface area (Å²) >= 11 is 0. The predicted molar refractivity (Wildman–Crippen MR) is 144 cm³/mol. The van der Waals surface area contributed by atoms with Gasteiger partial charge in [0, 0.05) is 18.0 Å². The molecule has 3 heteroatoms. The fourth-order valence-electron chi connectivity index (χ4n) is 5.20. The molecule has 2 aromatic rings. The highest BCUT2D eigenvalue weighted by Crippen LogP contribution is 2.32. The smallest absolute Gasteiger partial charge is 0.159 e. The van der Waals surface area contributed by atoms with Gasteiger partial charge in [-0.25, -0.2) is 9.97 Å². The summed E-state index contributed by atoms with van der Waals surface area (Å²) in [5.41, 5.74) is 2.30. The Morgan fingerprint density at radius 3 is 1.97 bits per heavy atom. The Hall–Kier alpha value is -1.90. The molecule has 0 spiro atoms. The second-order valence-corrected chi connectivity index (χ2v) is 10.5. The van der Waals surface area contributed by atoms with E-state index in [2.05, 4.69) is 48.1 Å². The average molecular weight is 465 g/mol. The van der Waals surface area contributed by atoms with Crippen LogP contribution in [0.3, 0.4) is 0 Å². The molecule has 1 aromatic heterocycles. The minimum absolute atomic E-state index is 0.717. The van der Waals surface area contributed by atoms with E-state index in [0.29, 0.717) is 5.92 Å². The van der Waals surface area contributed by atoms with Gasteiger partial charge in [-0.1, -0.05) is 90.9 Å². The van der Waals surface area contributed by atoms with E-state index in [1.165, 1.54) is 102 Å². The first-order valence-corrected chi connectivity index (χ1v) is 14.3. The minimum Gasteiger partial charge on any atom is -0.493 e. The van der Waals surface area contributed by atoms with Crippen molar-refractivity contribution >= 4 is 0 Å². The predicted octanol–water partition coefficient (Wildman–Crippen LogP) is 9.20. The summed E-state index contributed by atoms with van der Waals surface area (Å²) < 4.78 is 6.14. The zero-order valence-corrected chi connectivity index (χ0v) is 21.9. The van der Waals surface area contributed by atoms with E-state index in [0.717, 1.165) is 36.1 Å². The van der Waals surface area contributed by atoms with Gasteiger partial charge in [-0.05, 0) is 67.3 Å². The first-order chi connectivity index (χ1) is 16.8. The monoisotopic (exact) mass is 464 g/mol. The Morgan fingerprint density at radius 1 is 0.706 bits per heavy atom. The number of rotatable bonds is 16. The van der Waals surface area contributed by atoms with Gasteiger partial charge in [-0.15, -0.1) is 0 Å². The van der Waals surface area contributed by atoms with E-state index in [1.807, 2.05) is 12.4 Å². The lowest BCUT2D eigenvalue weighted by molar-refractivity contribution is 0.177. The van der Waals surface area contributed by atoms with E-state index < -0.39 is 0 Å². The maximum atomic E-state index is 6.14. The van der Waals surface area contributed by atoms with E-state index in [9.17, 15) is 0 Å². The van der Waals surface area contributed by atoms with E-state index in [-0.39, 0.29) is 0 Å². The Labute approximate surface area is 209 Å². The van der Waals surface area contributed by atoms with Gasteiger partial charge < -0.3 is 4.74 Å². The van der Waals surface area contributed by atoms with Gasteiger partial charge in [0.2, 0.25) is 0 Å². The van der Waals surface area contributed by atoms with Crippen molar-refractivity contribution in [2.75, 3.05) is 6.61 Å². The molecule has 1 fully saturated rings. The Bertz CT molecular complexity index is 763. The van der Waals surface area contributed by atoms with Crippen molar-refractivity contribution < 1.29 is 4.74 Å². The largest absolute Gasteiger partial charge is 0.493 e. The molecule has 0 N–H and O–H groups in total. The van der Waals surface area contributed by atoms with Gasteiger partial charge in [0.15, 0.2) is 5.82 Å². The molecule has 3 nitrogen and oxygen atoms in total. The van der Waals surface area contributed by atoms with Crippen molar-refractivity contribution in [1.82, 2.24) is 9.97 Å². The standard InChI is InChI=1S/C31H48N2O/c1-3-5-7-9-10-12-14-28-23-32-31(33-24-28)29-19-21-30(22-20-29)34-25-27-17-15-26(16-18-27)13-11-8-6-4-2/h19-24,26-27H,3-18,25H2,1-2H3. The number of unbranched alkanes of at least 4 members (excludes halogenated alkanes) is 8. The summed E-state index contributed by atoms with van der Waals surface area (Å²) in [6, 6.07) is 8.32. The highest BCUT2D eigenvalue weighted by atomic mass is 16.5. The number of ether oxygens (including phenoxy) is 1. The van der Waals surface area contributed by atoms with Gasteiger partial charge in [0.25, 0.3) is 0 Å². The zero-order valence-electron chi connectivity index (χ0n) is 21.9. The maximum absolute atomic E-state index is 6.14. The molecule has 0 radical (unpaired) electrons. The van der Waals surface area contributed by atoms with Gasteiger partial charge >= 0.3 is 0 Å². The zero-order chi connectivity index (χ0) is 23.8. The average Bonchev–Trinajstić information content (AvgIpc) is 2.89. The SMILES string of the molecule is CCCCCCCCc1cnc(-c2ccc(OCC3CCC(CCCCCC)CC3)cc2)nc1. The lowest BCUT2D eigenvalue weighted by atomic mass is 9.80. The number of hydrogen-bond donors (Lipinski definition) is 0. The molecule has 1 aliphatic carbocycles. The van der Waals surface area contributed by atoms with Crippen molar-refractivity contribution in [2.45, 2.75) is 117 Å². The molecular weight excluding hydrogens is 416 g/mol. The van der Waals surface area contributed by atoms with E-state index >= 15 is 0 Å². The molecule has 0 amide bonds.